The molecular formula is C24H28ClFN4O4. The molecule has 0 saturated heterocycles. The van der Waals surface area contributed by atoms with Gasteiger partial charge in [-0.3, -0.25) is 14.8 Å². The van der Waals surface area contributed by atoms with Gasteiger partial charge in [-0.25, -0.2) is 4.39 Å². The van der Waals surface area contributed by atoms with Gasteiger partial charge in [-0.15, -0.1) is 0 Å². The first-order chi connectivity index (χ1) is 16.2. The highest BCUT2D eigenvalue weighted by molar-refractivity contribution is 6.30. The number of ether oxygens (including phenoxy) is 1. The molecule has 0 amide bonds. The van der Waals surface area contributed by atoms with Crippen molar-refractivity contribution in [2.24, 2.45) is 15.7 Å². The molecule has 0 spiro atoms. The van der Waals surface area contributed by atoms with Gasteiger partial charge in [0.05, 0.1) is 24.2 Å². The Morgan fingerprint density at radius 2 is 2.00 bits per heavy atom. The number of carbonyl (C=O) groups is 1. The molecule has 0 saturated carbocycles. The van der Waals surface area contributed by atoms with Crippen molar-refractivity contribution >= 4 is 29.0 Å². The van der Waals surface area contributed by atoms with E-state index in [0.717, 1.165) is 42.4 Å². The topological polar surface area (TPSA) is 95.3 Å². The lowest BCUT2D eigenvalue weighted by molar-refractivity contribution is -0.139. The third-order valence-electron chi connectivity index (χ3n) is 5.13. The minimum absolute atomic E-state index is 0.00163. The van der Waals surface area contributed by atoms with Crippen molar-refractivity contribution in [1.29, 1.82) is 0 Å². The molecule has 3 rings (SSSR count). The van der Waals surface area contributed by atoms with Crippen LogP contribution < -0.4 is 0 Å². The summed E-state index contributed by atoms with van der Waals surface area (Å²) in [6.07, 6.45) is 3.75. The van der Waals surface area contributed by atoms with E-state index in [1.165, 1.54) is 18.9 Å². The lowest BCUT2D eigenvalue weighted by atomic mass is 9.94. The zero-order chi connectivity index (χ0) is 24.7. The molecule has 0 aromatic carbocycles. The Bertz CT molecular complexity index is 1100. The van der Waals surface area contributed by atoms with Gasteiger partial charge in [0.2, 0.25) is 0 Å². The third kappa shape index (κ3) is 6.96. The minimum atomic E-state index is -0.714. The van der Waals surface area contributed by atoms with Gasteiger partial charge in [-0.2, -0.15) is 0 Å². The Labute approximate surface area is 203 Å². The van der Waals surface area contributed by atoms with E-state index in [1.54, 1.807) is 0 Å². The number of aromatic nitrogens is 2. The molecule has 0 unspecified atom stereocenters. The van der Waals surface area contributed by atoms with Crippen LogP contribution >= 0.6 is 11.6 Å². The zero-order valence-corrected chi connectivity index (χ0v) is 20.5. The number of hydrogen-bond acceptors (Lipinski definition) is 8. The molecule has 182 valence electrons. The maximum atomic E-state index is 14.3. The molecule has 2 aromatic rings. The Kier molecular flexibility index (Phi) is 8.55. The number of aryl methyl sites for hydroxylation is 2. The first kappa shape index (κ1) is 25.6. The summed E-state index contributed by atoms with van der Waals surface area (Å²) >= 11 is 5.77. The lowest BCUT2D eigenvalue weighted by Gasteiger charge is -2.22. The predicted molar refractivity (Wildman–Crippen MR) is 127 cm³/mol. The molecule has 0 radical (unpaired) electrons. The van der Waals surface area contributed by atoms with E-state index in [4.69, 9.17) is 21.3 Å². The standard InChI is InChI=1S/C24H28ClFN4O4/c1-15-8-9-16-6-5-7-19(22(16)28-15)29-33-13-24(2,3)14-34-30-20(11-21(31)32-4)23-18(26)10-17(25)12-27-23/h8-10,12H,5-7,11,13-14H2,1-4H3/b29-19+,30-20-. The SMILES string of the molecule is COC(=O)C/C(=N/OCC(C)(C)CO/N=C1\CCCc2ccc(C)nc21)c1ncc(Cl)cc1F. The lowest BCUT2D eigenvalue weighted by Crippen LogP contribution is -2.25. The highest BCUT2D eigenvalue weighted by Gasteiger charge is 2.23. The number of nitrogens with zero attached hydrogens (tertiary/aromatic N) is 4. The number of pyridine rings is 2. The van der Waals surface area contributed by atoms with Crippen LogP contribution in [0.5, 0.6) is 0 Å². The molecule has 0 bridgehead atoms. The van der Waals surface area contributed by atoms with Crippen molar-refractivity contribution in [3.63, 3.8) is 0 Å². The van der Waals surface area contributed by atoms with Gasteiger partial charge < -0.3 is 14.4 Å². The number of fused-ring (bicyclic) bond motifs is 1. The van der Waals surface area contributed by atoms with E-state index >= 15 is 0 Å². The van der Waals surface area contributed by atoms with Crippen LogP contribution in [-0.2, 0) is 25.6 Å². The van der Waals surface area contributed by atoms with Crippen LogP contribution in [-0.4, -0.2) is 47.7 Å². The molecule has 1 aliphatic rings. The van der Waals surface area contributed by atoms with Gasteiger partial charge in [0.1, 0.15) is 30.3 Å². The van der Waals surface area contributed by atoms with E-state index in [0.29, 0.717) is 0 Å². The maximum Gasteiger partial charge on any atom is 0.311 e. The van der Waals surface area contributed by atoms with E-state index in [1.807, 2.05) is 26.8 Å². The summed E-state index contributed by atoms with van der Waals surface area (Å²) in [6.45, 7) is 6.18. The van der Waals surface area contributed by atoms with Gasteiger partial charge in [0, 0.05) is 17.3 Å². The van der Waals surface area contributed by atoms with E-state index in [-0.39, 0.29) is 36.1 Å². The second-order valence-corrected chi connectivity index (χ2v) is 9.27. The van der Waals surface area contributed by atoms with Gasteiger partial charge in [-0.05, 0) is 43.9 Å². The second kappa shape index (κ2) is 11.4. The molecule has 2 heterocycles. The van der Waals surface area contributed by atoms with Crippen LogP contribution in [0.4, 0.5) is 4.39 Å². The molecule has 10 heteroatoms. The number of hydrogen-bond donors (Lipinski definition) is 0. The third-order valence-corrected chi connectivity index (χ3v) is 5.34. The molecular weight excluding hydrogens is 463 g/mol. The fourth-order valence-electron chi connectivity index (χ4n) is 3.30. The highest BCUT2D eigenvalue weighted by atomic mass is 35.5. The normalized spacial score (nSPS) is 15.1. The second-order valence-electron chi connectivity index (χ2n) is 8.84. The first-order valence-electron chi connectivity index (χ1n) is 10.9. The van der Waals surface area contributed by atoms with Gasteiger partial charge in [-0.1, -0.05) is 41.8 Å². The van der Waals surface area contributed by atoms with Crippen LogP contribution in [0.2, 0.25) is 5.02 Å². The number of esters is 1. The number of carbonyl (C=O) groups excluding carboxylic acids is 1. The predicted octanol–water partition coefficient (Wildman–Crippen LogP) is 4.64. The summed E-state index contributed by atoms with van der Waals surface area (Å²) < 4.78 is 19.0. The van der Waals surface area contributed by atoms with Gasteiger partial charge in [0.25, 0.3) is 0 Å². The number of methoxy groups -OCH3 is 1. The molecule has 0 atom stereocenters. The Morgan fingerprint density at radius 3 is 2.74 bits per heavy atom. The number of rotatable bonds is 9. The molecule has 2 aromatic heterocycles. The highest BCUT2D eigenvalue weighted by Crippen LogP contribution is 2.22. The first-order valence-corrected chi connectivity index (χ1v) is 11.3. The van der Waals surface area contributed by atoms with E-state index < -0.39 is 17.2 Å². The Morgan fingerprint density at radius 1 is 1.24 bits per heavy atom. The average Bonchev–Trinajstić information content (AvgIpc) is 2.78. The van der Waals surface area contributed by atoms with Crippen molar-refractivity contribution < 1.29 is 23.6 Å². The fraction of sp³-hybridized carbons (Fsp3) is 0.458. The summed E-state index contributed by atoms with van der Waals surface area (Å²) in [5.41, 5.74) is 3.24. The summed E-state index contributed by atoms with van der Waals surface area (Å²) in [4.78, 5) is 31.4. The van der Waals surface area contributed by atoms with Gasteiger partial charge in [0.15, 0.2) is 5.82 Å². The molecule has 0 N–H and O–H groups in total. The Hall–Kier alpha value is -3.07. The molecule has 0 fully saturated rings. The van der Waals surface area contributed by atoms with Crippen molar-refractivity contribution in [3.8, 4) is 0 Å². The fourth-order valence-corrected chi connectivity index (χ4v) is 3.44. The van der Waals surface area contributed by atoms with Crippen LogP contribution in [0.25, 0.3) is 0 Å². The number of halogens is 2. The largest absolute Gasteiger partial charge is 0.469 e. The molecule has 1 aliphatic carbocycles. The molecule has 0 aliphatic heterocycles. The van der Waals surface area contributed by atoms with E-state index in [9.17, 15) is 9.18 Å². The molecule has 34 heavy (non-hydrogen) atoms. The van der Waals surface area contributed by atoms with Gasteiger partial charge >= 0.3 is 5.97 Å². The van der Waals surface area contributed by atoms with Crippen LogP contribution in [0.3, 0.4) is 0 Å². The summed E-state index contributed by atoms with van der Waals surface area (Å²) in [7, 11) is 1.23. The minimum Gasteiger partial charge on any atom is -0.469 e. The van der Waals surface area contributed by atoms with Crippen LogP contribution in [0.1, 0.15) is 55.8 Å². The smallest absolute Gasteiger partial charge is 0.311 e. The quantitative estimate of drug-likeness (QED) is 0.288. The molecule has 8 nitrogen and oxygen atoms in total. The summed E-state index contributed by atoms with van der Waals surface area (Å²) in [5.74, 6) is -1.32. The Balaban J connectivity index is 1.64. The summed E-state index contributed by atoms with van der Waals surface area (Å²) in [6, 6.07) is 5.18. The van der Waals surface area contributed by atoms with Crippen molar-refractivity contribution in [2.45, 2.75) is 46.5 Å². The zero-order valence-electron chi connectivity index (χ0n) is 19.7. The summed E-state index contributed by atoms with van der Waals surface area (Å²) in [5, 5.41) is 8.44. The maximum absolute atomic E-state index is 14.3. The average molecular weight is 491 g/mol. The monoisotopic (exact) mass is 490 g/mol. The van der Waals surface area contributed by atoms with Crippen molar-refractivity contribution in [3.05, 3.63) is 57.9 Å². The number of oxime groups is 2. The van der Waals surface area contributed by atoms with Crippen LogP contribution in [0, 0.1) is 18.2 Å². The van der Waals surface area contributed by atoms with E-state index in [2.05, 4.69) is 31.1 Å². The van der Waals surface area contributed by atoms with Crippen molar-refractivity contribution in [2.75, 3.05) is 20.3 Å². The van der Waals surface area contributed by atoms with Crippen molar-refractivity contribution in [1.82, 2.24) is 9.97 Å². The van der Waals surface area contributed by atoms with Crippen LogP contribution in [0.15, 0.2) is 34.7 Å².